The maximum Gasteiger partial charge on any atom is 0.343 e. The summed E-state index contributed by atoms with van der Waals surface area (Å²) in [6, 6.07) is 18.1. The van der Waals surface area contributed by atoms with E-state index in [0.29, 0.717) is 17.9 Å². The van der Waals surface area contributed by atoms with Gasteiger partial charge < -0.3 is 14.2 Å². The zero-order valence-electron chi connectivity index (χ0n) is 22.1. The number of hydrogen-bond donors (Lipinski definition) is 0. The number of rotatable bonds is 16. The summed E-state index contributed by atoms with van der Waals surface area (Å²) < 4.78 is 29.4. The molecule has 202 valence electrons. The molecular weight excluding hydrogens is 483 g/mol. The first-order chi connectivity index (χ1) is 18.5. The molecule has 0 aliphatic carbocycles. The Morgan fingerprint density at radius 1 is 0.553 bits per heavy atom. The molecule has 0 saturated heterocycles. The van der Waals surface area contributed by atoms with E-state index in [1.54, 1.807) is 24.3 Å². The van der Waals surface area contributed by atoms with Crippen LogP contribution < -0.4 is 14.2 Å². The number of halogens is 1. The Morgan fingerprint density at radius 2 is 0.947 bits per heavy atom. The van der Waals surface area contributed by atoms with Crippen molar-refractivity contribution < 1.29 is 28.2 Å². The molecule has 0 unspecified atom stereocenters. The summed E-state index contributed by atoms with van der Waals surface area (Å²) in [4.78, 5) is 24.7. The van der Waals surface area contributed by atoms with Crippen LogP contribution in [0.15, 0.2) is 72.8 Å². The molecule has 0 aromatic heterocycles. The number of hydrogen-bond acceptors (Lipinski definition) is 5. The summed E-state index contributed by atoms with van der Waals surface area (Å²) in [5, 5.41) is 0. The van der Waals surface area contributed by atoms with Crippen LogP contribution in [0.1, 0.15) is 91.8 Å². The van der Waals surface area contributed by atoms with Crippen molar-refractivity contribution in [1.29, 1.82) is 0 Å². The minimum absolute atomic E-state index is 0.239. The Labute approximate surface area is 224 Å². The van der Waals surface area contributed by atoms with Crippen molar-refractivity contribution in [1.82, 2.24) is 0 Å². The number of esters is 2. The molecule has 0 fully saturated rings. The molecule has 0 radical (unpaired) electrons. The number of benzene rings is 3. The van der Waals surface area contributed by atoms with Crippen LogP contribution in [0.3, 0.4) is 0 Å². The summed E-state index contributed by atoms with van der Waals surface area (Å²) in [5.41, 5.74) is 0.675. The molecule has 0 aliphatic heterocycles. The first-order valence-corrected chi connectivity index (χ1v) is 13.6. The van der Waals surface area contributed by atoms with E-state index in [1.807, 2.05) is 0 Å². The van der Waals surface area contributed by atoms with Gasteiger partial charge in [0.2, 0.25) is 0 Å². The summed E-state index contributed by atoms with van der Waals surface area (Å²) in [5.74, 6) is -0.253. The Bertz CT molecular complexity index is 1110. The number of carbonyl (C=O) groups excluding carboxylic acids is 2. The van der Waals surface area contributed by atoms with Crippen LogP contribution >= 0.6 is 0 Å². The molecule has 0 bridgehead atoms. The Morgan fingerprint density at radius 3 is 1.42 bits per heavy atom. The maximum atomic E-state index is 13.0. The number of carbonyl (C=O) groups is 2. The van der Waals surface area contributed by atoms with Crippen LogP contribution in [-0.2, 0) is 0 Å². The molecule has 38 heavy (non-hydrogen) atoms. The lowest BCUT2D eigenvalue weighted by Gasteiger charge is -2.08. The van der Waals surface area contributed by atoms with Gasteiger partial charge in [-0.05, 0) is 79.2 Å². The molecule has 0 spiro atoms. The van der Waals surface area contributed by atoms with Crippen molar-refractivity contribution >= 4 is 11.9 Å². The van der Waals surface area contributed by atoms with Gasteiger partial charge in [0.1, 0.15) is 23.1 Å². The van der Waals surface area contributed by atoms with Crippen molar-refractivity contribution in [2.45, 2.75) is 71.1 Å². The topological polar surface area (TPSA) is 61.8 Å². The Balaban J connectivity index is 1.34. The fourth-order valence-electron chi connectivity index (χ4n) is 3.96. The van der Waals surface area contributed by atoms with E-state index in [-0.39, 0.29) is 11.3 Å². The Kier molecular flexibility index (Phi) is 12.3. The van der Waals surface area contributed by atoms with Crippen molar-refractivity contribution in [3.05, 3.63) is 89.7 Å². The monoisotopic (exact) mass is 520 g/mol. The van der Waals surface area contributed by atoms with Crippen LogP contribution in [-0.4, -0.2) is 18.5 Å². The third kappa shape index (κ3) is 10.4. The second kappa shape index (κ2) is 16.2. The maximum absolute atomic E-state index is 13.0. The average Bonchev–Trinajstić information content (AvgIpc) is 2.93. The van der Waals surface area contributed by atoms with E-state index < -0.39 is 17.8 Å². The van der Waals surface area contributed by atoms with Gasteiger partial charge in [0, 0.05) is 0 Å². The van der Waals surface area contributed by atoms with Gasteiger partial charge in [0.25, 0.3) is 0 Å². The number of ether oxygens (including phenoxy) is 3. The van der Waals surface area contributed by atoms with Crippen LogP contribution in [0.4, 0.5) is 4.39 Å². The molecule has 3 rings (SSSR count). The van der Waals surface area contributed by atoms with E-state index in [4.69, 9.17) is 14.2 Å². The van der Waals surface area contributed by atoms with Crippen molar-refractivity contribution in [3.63, 3.8) is 0 Å². The molecule has 0 amide bonds. The molecule has 5 nitrogen and oxygen atoms in total. The van der Waals surface area contributed by atoms with Gasteiger partial charge >= 0.3 is 11.9 Å². The highest BCUT2D eigenvalue weighted by Crippen LogP contribution is 2.19. The third-order valence-corrected chi connectivity index (χ3v) is 6.18. The van der Waals surface area contributed by atoms with Gasteiger partial charge in [0.05, 0.1) is 17.7 Å². The largest absolute Gasteiger partial charge is 0.494 e. The van der Waals surface area contributed by atoms with Crippen LogP contribution in [0.2, 0.25) is 0 Å². The highest BCUT2D eigenvalue weighted by atomic mass is 19.1. The fraction of sp³-hybridized carbons (Fsp3) is 0.375. The van der Waals surface area contributed by atoms with Gasteiger partial charge in [0.15, 0.2) is 0 Å². The molecule has 0 heterocycles. The molecule has 3 aromatic rings. The predicted molar refractivity (Wildman–Crippen MR) is 147 cm³/mol. The number of unbranched alkanes of at least 4 members (excludes halogenated alkanes) is 9. The summed E-state index contributed by atoms with van der Waals surface area (Å²) in [7, 11) is 0. The van der Waals surface area contributed by atoms with Gasteiger partial charge in [-0.15, -0.1) is 0 Å². The SMILES string of the molecule is CCCCCCCCCCCCOc1ccc(C(=O)Oc2ccc(C(=O)Oc3ccc(F)cc3)cc2)cc1. The lowest BCUT2D eigenvalue weighted by molar-refractivity contribution is 0.0730. The average molecular weight is 521 g/mol. The van der Waals surface area contributed by atoms with E-state index >= 15 is 0 Å². The summed E-state index contributed by atoms with van der Waals surface area (Å²) in [6.07, 6.45) is 12.8. The molecule has 0 atom stereocenters. The smallest absolute Gasteiger partial charge is 0.343 e. The standard InChI is InChI=1S/C32H37FO5/c1-2-3-4-5-6-7-8-9-10-11-24-36-28-18-12-25(13-19-28)31(34)37-29-20-14-26(15-21-29)32(35)38-30-22-16-27(33)17-23-30/h12-23H,2-11,24H2,1H3. The summed E-state index contributed by atoms with van der Waals surface area (Å²) in [6.45, 7) is 2.91. The minimum atomic E-state index is -0.595. The molecule has 0 aliphatic rings. The highest BCUT2D eigenvalue weighted by Gasteiger charge is 2.12. The lowest BCUT2D eigenvalue weighted by Crippen LogP contribution is -2.10. The normalized spacial score (nSPS) is 10.7. The lowest BCUT2D eigenvalue weighted by atomic mass is 10.1. The van der Waals surface area contributed by atoms with E-state index in [0.717, 1.165) is 12.2 Å². The van der Waals surface area contributed by atoms with E-state index in [2.05, 4.69) is 6.92 Å². The van der Waals surface area contributed by atoms with Crippen LogP contribution in [0.25, 0.3) is 0 Å². The predicted octanol–water partition coefficient (Wildman–Crippen LogP) is 8.56. The Hall–Kier alpha value is -3.67. The zero-order chi connectivity index (χ0) is 27.0. The highest BCUT2D eigenvalue weighted by molar-refractivity contribution is 5.92. The molecule has 6 heteroatoms. The minimum Gasteiger partial charge on any atom is -0.494 e. The third-order valence-electron chi connectivity index (χ3n) is 6.18. The van der Waals surface area contributed by atoms with Crippen molar-refractivity contribution in [2.75, 3.05) is 6.61 Å². The van der Waals surface area contributed by atoms with Crippen LogP contribution in [0.5, 0.6) is 17.2 Å². The van der Waals surface area contributed by atoms with Crippen molar-refractivity contribution in [3.8, 4) is 17.2 Å². The molecular formula is C32H37FO5. The van der Waals surface area contributed by atoms with Gasteiger partial charge in [-0.3, -0.25) is 0 Å². The van der Waals surface area contributed by atoms with Gasteiger partial charge in [-0.25, -0.2) is 14.0 Å². The molecule has 3 aromatic carbocycles. The zero-order valence-corrected chi connectivity index (χ0v) is 22.1. The quantitative estimate of drug-likeness (QED) is 0.108. The van der Waals surface area contributed by atoms with Gasteiger partial charge in [-0.2, -0.15) is 0 Å². The second-order valence-corrected chi connectivity index (χ2v) is 9.31. The van der Waals surface area contributed by atoms with E-state index in [9.17, 15) is 14.0 Å². The first-order valence-electron chi connectivity index (χ1n) is 13.6. The molecule has 0 N–H and O–H groups in total. The van der Waals surface area contributed by atoms with Crippen molar-refractivity contribution in [2.24, 2.45) is 0 Å². The first kappa shape index (κ1) is 28.9. The summed E-state index contributed by atoms with van der Waals surface area (Å²) >= 11 is 0. The van der Waals surface area contributed by atoms with E-state index in [1.165, 1.54) is 106 Å². The fourth-order valence-corrected chi connectivity index (χ4v) is 3.96. The second-order valence-electron chi connectivity index (χ2n) is 9.31. The van der Waals surface area contributed by atoms with Crippen LogP contribution in [0, 0.1) is 5.82 Å². The molecule has 0 saturated carbocycles. The van der Waals surface area contributed by atoms with Gasteiger partial charge in [-0.1, -0.05) is 64.7 Å².